The highest BCUT2D eigenvalue weighted by atomic mass is 16.6. The molecule has 0 atom stereocenters. The predicted molar refractivity (Wildman–Crippen MR) is 156 cm³/mol. The van der Waals surface area contributed by atoms with E-state index in [0.717, 1.165) is 33.3 Å². The van der Waals surface area contributed by atoms with Crippen LogP contribution in [0.5, 0.6) is 11.5 Å². The van der Waals surface area contributed by atoms with Gasteiger partial charge in [-0.2, -0.15) is 0 Å². The van der Waals surface area contributed by atoms with E-state index in [9.17, 15) is 19.7 Å². The highest BCUT2D eigenvalue weighted by Crippen LogP contribution is 2.45. The van der Waals surface area contributed by atoms with Gasteiger partial charge in [-0.05, 0) is 60.0 Å². The van der Waals surface area contributed by atoms with Gasteiger partial charge < -0.3 is 9.47 Å². The molecular weight excluding hydrogens is 534 g/mol. The van der Waals surface area contributed by atoms with Crippen LogP contribution in [0, 0.1) is 10.1 Å². The average molecular weight is 554 g/mol. The third-order valence-corrected chi connectivity index (χ3v) is 7.11. The van der Waals surface area contributed by atoms with Crippen LogP contribution in [0.2, 0.25) is 0 Å². The van der Waals surface area contributed by atoms with Gasteiger partial charge in [-0.3, -0.25) is 14.9 Å². The summed E-state index contributed by atoms with van der Waals surface area (Å²) in [4.78, 5) is 45.5. The van der Waals surface area contributed by atoms with Gasteiger partial charge in [0.2, 0.25) is 0 Å². The summed E-state index contributed by atoms with van der Waals surface area (Å²) in [7, 11) is 0. The Hall–Kier alpha value is -5.96. The second-order valence-corrected chi connectivity index (χ2v) is 9.71. The van der Waals surface area contributed by atoms with Crippen molar-refractivity contribution in [2.24, 2.45) is 0 Å². The zero-order valence-electron chi connectivity index (χ0n) is 21.8. The van der Waals surface area contributed by atoms with Crippen LogP contribution in [0.4, 0.5) is 5.69 Å². The van der Waals surface area contributed by atoms with Crippen LogP contribution in [0.3, 0.4) is 0 Å². The summed E-state index contributed by atoms with van der Waals surface area (Å²) in [6.07, 6.45) is 0. The smallest absolute Gasteiger partial charge is 0.338 e. The number of ketones is 1. The van der Waals surface area contributed by atoms with Gasteiger partial charge in [0.15, 0.2) is 12.4 Å². The monoisotopic (exact) mass is 553 g/mol. The molecule has 1 aliphatic carbocycles. The highest BCUT2D eigenvalue weighted by molar-refractivity contribution is 6.14. The number of non-ortho nitro benzene ring substituents is 1. The molecule has 1 aromatic heterocycles. The van der Waals surface area contributed by atoms with Crippen LogP contribution in [0.15, 0.2) is 103 Å². The second-order valence-electron chi connectivity index (χ2n) is 9.71. The molecule has 202 valence electrons. The lowest BCUT2D eigenvalue weighted by atomic mass is 10.0. The fourth-order valence-electron chi connectivity index (χ4n) is 5.07. The fraction of sp³-hybridized carbons (Fsp3) is 0.0303. The summed E-state index contributed by atoms with van der Waals surface area (Å²) in [5, 5.41) is 13.0. The number of carbonyl (C=O) groups is 2. The normalized spacial score (nSPS) is 11.3. The van der Waals surface area contributed by atoms with E-state index in [1.54, 1.807) is 42.5 Å². The molecule has 7 rings (SSSR count). The number of rotatable bonds is 7. The lowest BCUT2D eigenvalue weighted by Crippen LogP contribution is -2.14. The largest absolute Gasteiger partial charge is 0.457 e. The van der Waals surface area contributed by atoms with E-state index in [1.165, 1.54) is 24.3 Å². The van der Waals surface area contributed by atoms with Gasteiger partial charge in [0, 0.05) is 34.2 Å². The Balaban J connectivity index is 1.03. The number of ether oxygens (including phenoxy) is 2. The first-order chi connectivity index (χ1) is 20.4. The molecule has 5 aromatic carbocycles. The van der Waals surface area contributed by atoms with Crippen LogP contribution < -0.4 is 4.74 Å². The maximum absolute atomic E-state index is 12.8. The standard InChI is InChI=1S/C33H19N3O6/c37-29(19-7-12-23(13-8-19)42-24-14-10-22(11-15-24)36(39)40)18-41-33(38)21-9-16-27-28(17-21)35-32-26-6-2-4-20-3-1-5-25(30(20)26)31(32)34-27/h1-17H,18H2. The number of aromatic nitrogens is 2. The molecule has 0 radical (unpaired) electrons. The van der Waals surface area contributed by atoms with Gasteiger partial charge in [-0.15, -0.1) is 0 Å². The molecule has 0 spiro atoms. The maximum atomic E-state index is 12.8. The van der Waals surface area contributed by atoms with Crippen LogP contribution in [0.1, 0.15) is 20.7 Å². The highest BCUT2D eigenvalue weighted by Gasteiger charge is 2.24. The Morgan fingerprint density at radius 1 is 0.714 bits per heavy atom. The molecule has 0 N–H and O–H groups in total. The average Bonchev–Trinajstić information content (AvgIpc) is 3.33. The Morgan fingerprint density at radius 2 is 1.31 bits per heavy atom. The third-order valence-electron chi connectivity index (χ3n) is 7.11. The number of benzene rings is 5. The van der Waals surface area contributed by atoms with Crippen LogP contribution in [-0.2, 0) is 4.74 Å². The van der Waals surface area contributed by atoms with E-state index in [1.807, 2.05) is 24.3 Å². The Labute approximate surface area is 238 Å². The van der Waals surface area contributed by atoms with Gasteiger partial charge in [-0.25, -0.2) is 14.8 Å². The number of carbonyl (C=O) groups excluding carboxylic acids is 2. The molecule has 0 fully saturated rings. The molecule has 1 heterocycles. The summed E-state index contributed by atoms with van der Waals surface area (Å²) in [6.45, 7) is -0.438. The SMILES string of the molecule is O=C(COC(=O)c1ccc2nc3c(nc2c1)-c1cccc2cccc-3c12)c1ccc(Oc2ccc([N+](=O)[O-])cc2)cc1. The van der Waals surface area contributed by atoms with Gasteiger partial charge in [0.1, 0.15) is 11.5 Å². The summed E-state index contributed by atoms with van der Waals surface area (Å²) in [6, 6.07) is 29.1. The molecule has 9 heteroatoms. The summed E-state index contributed by atoms with van der Waals surface area (Å²) in [5.41, 5.74) is 5.43. The van der Waals surface area contributed by atoms with Crippen molar-refractivity contribution < 1.29 is 24.0 Å². The number of Topliss-reactive ketones (excluding diaryl/α,β-unsaturated/α-hetero) is 1. The van der Waals surface area contributed by atoms with E-state index in [0.29, 0.717) is 28.1 Å². The number of esters is 1. The van der Waals surface area contributed by atoms with Crippen LogP contribution in [0.25, 0.3) is 44.3 Å². The number of nitro groups is 1. The molecule has 42 heavy (non-hydrogen) atoms. The molecule has 0 aliphatic heterocycles. The molecule has 0 amide bonds. The van der Waals surface area contributed by atoms with E-state index in [4.69, 9.17) is 19.4 Å². The first-order valence-corrected chi connectivity index (χ1v) is 13.0. The molecule has 6 aromatic rings. The van der Waals surface area contributed by atoms with Crippen molar-refractivity contribution in [1.29, 1.82) is 0 Å². The molecule has 0 saturated carbocycles. The number of hydrogen-bond acceptors (Lipinski definition) is 8. The first kappa shape index (κ1) is 25.0. The molecule has 9 nitrogen and oxygen atoms in total. The van der Waals surface area contributed by atoms with Gasteiger partial charge >= 0.3 is 5.97 Å². The fourth-order valence-corrected chi connectivity index (χ4v) is 5.07. The molecule has 1 aliphatic rings. The van der Waals surface area contributed by atoms with Crippen LogP contribution in [-0.4, -0.2) is 33.3 Å². The van der Waals surface area contributed by atoms with Crippen molar-refractivity contribution in [3.05, 3.63) is 124 Å². The van der Waals surface area contributed by atoms with Gasteiger partial charge in [-0.1, -0.05) is 36.4 Å². The third kappa shape index (κ3) is 4.39. The van der Waals surface area contributed by atoms with E-state index >= 15 is 0 Å². The van der Waals surface area contributed by atoms with Gasteiger partial charge in [0.05, 0.1) is 32.9 Å². The van der Waals surface area contributed by atoms with Crippen molar-refractivity contribution >= 4 is 39.2 Å². The summed E-state index contributed by atoms with van der Waals surface area (Å²) >= 11 is 0. The molecule has 0 unspecified atom stereocenters. The number of fused-ring (bicyclic) bond motifs is 4. The predicted octanol–water partition coefficient (Wildman–Crippen LogP) is 7.17. The Morgan fingerprint density at radius 3 is 1.95 bits per heavy atom. The maximum Gasteiger partial charge on any atom is 0.338 e. The topological polar surface area (TPSA) is 122 Å². The first-order valence-electron chi connectivity index (χ1n) is 13.0. The quantitative estimate of drug-likeness (QED) is 0.0881. The van der Waals surface area contributed by atoms with Crippen LogP contribution >= 0.6 is 0 Å². The molecule has 0 bridgehead atoms. The lowest BCUT2D eigenvalue weighted by molar-refractivity contribution is -0.384. The Kier molecular flexibility index (Phi) is 5.90. The minimum absolute atomic E-state index is 0.0400. The Bertz CT molecular complexity index is 2070. The zero-order chi connectivity index (χ0) is 28.8. The number of nitrogens with zero attached hydrogens (tertiary/aromatic N) is 3. The minimum atomic E-state index is -0.643. The van der Waals surface area contributed by atoms with Crippen molar-refractivity contribution in [3.8, 4) is 34.0 Å². The molecular formula is C33H19N3O6. The van der Waals surface area contributed by atoms with Crippen molar-refractivity contribution in [2.45, 2.75) is 0 Å². The zero-order valence-corrected chi connectivity index (χ0v) is 21.8. The van der Waals surface area contributed by atoms with Crippen molar-refractivity contribution in [1.82, 2.24) is 9.97 Å². The summed E-state index contributed by atoms with van der Waals surface area (Å²) in [5.74, 6) is -0.161. The van der Waals surface area contributed by atoms with E-state index in [-0.39, 0.29) is 17.0 Å². The minimum Gasteiger partial charge on any atom is -0.457 e. The number of nitro benzene ring substituents is 1. The summed E-state index contributed by atoms with van der Waals surface area (Å²) < 4.78 is 11.0. The lowest BCUT2D eigenvalue weighted by Gasteiger charge is -2.08. The van der Waals surface area contributed by atoms with E-state index < -0.39 is 17.5 Å². The van der Waals surface area contributed by atoms with Crippen molar-refractivity contribution in [2.75, 3.05) is 6.61 Å². The van der Waals surface area contributed by atoms with E-state index in [2.05, 4.69) is 12.1 Å². The van der Waals surface area contributed by atoms with Gasteiger partial charge in [0.25, 0.3) is 5.69 Å². The van der Waals surface area contributed by atoms with Crippen molar-refractivity contribution in [3.63, 3.8) is 0 Å². The number of hydrogen-bond donors (Lipinski definition) is 0. The second kappa shape index (κ2) is 9.90. The molecule has 0 saturated heterocycles.